The third kappa shape index (κ3) is 2.67. The Hall–Kier alpha value is -2.56. The second kappa shape index (κ2) is 5.44. The van der Waals surface area contributed by atoms with Gasteiger partial charge >= 0.3 is 0 Å². The Labute approximate surface area is 122 Å². The molecule has 1 aliphatic rings. The number of hydrogen-bond acceptors (Lipinski definition) is 3. The molecule has 3 rings (SSSR count). The zero-order valence-electron chi connectivity index (χ0n) is 11.8. The van der Waals surface area contributed by atoms with Crippen LogP contribution in [0.25, 0.3) is 0 Å². The van der Waals surface area contributed by atoms with Crippen molar-refractivity contribution in [1.82, 2.24) is 4.57 Å². The van der Waals surface area contributed by atoms with E-state index in [1.807, 2.05) is 36.0 Å². The number of amides is 1. The first-order chi connectivity index (χ1) is 10.1. The zero-order valence-corrected chi connectivity index (χ0v) is 11.8. The molecular weight excluding hydrogens is 268 g/mol. The van der Waals surface area contributed by atoms with Crippen LogP contribution in [-0.2, 0) is 11.8 Å². The Morgan fingerprint density at radius 2 is 2.10 bits per heavy atom. The van der Waals surface area contributed by atoms with E-state index >= 15 is 0 Å². The van der Waals surface area contributed by atoms with E-state index in [9.17, 15) is 9.59 Å². The third-order valence-electron chi connectivity index (χ3n) is 3.49. The smallest absolute Gasteiger partial charge is 0.230 e. The van der Waals surface area contributed by atoms with E-state index in [1.165, 1.54) is 4.90 Å². The molecule has 21 heavy (non-hydrogen) atoms. The number of para-hydroxylation sites is 2. The van der Waals surface area contributed by atoms with E-state index in [2.05, 4.69) is 0 Å². The molecule has 108 valence electrons. The van der Waals surface area contributed by atoms with Crippen LogP contribution in [0.4, 0.5) is 5.69 Å². The van der Waals surface area contributed by atoms with Crippen molar-refractivity contribution in [1.29, 1.82) is 0 Å². The molecule has 0 saturated carbocycles. The molecule has 1 aliphatic heterocycles. The normalized spacial score (nSPS) is 14.3. The van der Waals surface area contributed by atoms with Crippen molar-refractivity contribution in [3.05, 3.63) is 48.3 Å². The molecule has 0 bridgehead atoms. The van der Waals surface area contributed by atoms with E-state index < -0.39 is 0 Å². The van der Waals surface area contributed by atoms with Crippen LogP contribution in [0.1, 0.15) is 16.8 Å². The van der Waals surface area contributed by atoms with E-state index in [-0.39, 0.29) is 24.7 Å². The summed E-state index contributed by atoms with van der Waals surface area (Å²) in [5.41, 5.74) is 1.26. The second-order valence-corrected chi connectivity index (χ2v) is 5.03. The molecule has 5 nitrogen and oxygen atoms in total. The Bertz CT molecular complexity index is 690. The topological polar surface area (TPSA) is 51.5 Å². The van der Waals surface area contributed by atoms with Crippen LogP contribution in [0.15, 0.2) is 42.7 Å². The van der Waals surface area contributed by atoms with Gasteiger partial charge in [-0.15, -0.1) is 0 Å². The number of hydrogen-bond donors (Lipinski definition) is 0. The van der Waals surface area contributed by atoms with Crippen LogP contribution in [0.2, 0.25) is 0 Å². The lowest BCUT2D eigenvalue weighted by Gasteiger charge is -2.20. The standard InChI is InChI=1S/C16H16N2O3/c1-17-8-6-12(10-17)14(19)11-18-13-4-2-3-5-15(13)21-9-7-16(18)20/h2-6,8,10H,7,9,11H2,1H3. The zero-order chi connectivity index (χ0) is 14.8. The molecule has 2 heterocycles. The van der Waals surface area contributed by atoms with Gasteiger partial charge in [-0.05, 0) is 18.2 Å². The number of ether oxygens (including phenoxy) is 1. The Balaban J connectivity index is 1.89. The first-order valence-electron chi connectivity index (χ1n) is 6.82. The van der Waals surface area contributed by atoms with Crippen molar-refractivity contribution < 1.29 is 14.3 Å². The fraction of sp³-hybridized carbons (Fsp3) is 0.250. The van der Waals surface area contributed by atoms with E-state index in [4.69, 9.17) is 4.74 Å². The highest BCUT2D eigenvalue weighted by molar-refractivity contribution is 6.06. The van der Waals surface area contributed by atoms with Gasteiger partial charge in [0.25, 0.3) is 0 Å². The summed E-state index contributed by atoms with van der Waals surface area (Å²) in [5, 5.41) is 0. The Morgan fingerprint density at radius 1 is 1.29 bits per heavy atom. The van der Waals surface area contributed by atoms with Gasteiger partial charge in [0.1, 0.15) is 5.75 Å². The number of fused-ring (bicyclic) bond motifs is 1. The van der Waals surface area contributed by atoms with Gasteiger partial charge in [-0.25, -0.2) is 0 Å². The average molecular weight is 284 g/mol. The summed E-state index contributed by atoms with van der Waals surface area (Å²) in [4.78, 5) is 26.1. The number of Topliss-reactive ketones (excluding diaryl/α,β-unsaturated/α-hetero) is 1. The van der Waals surface area contributed by atoms with Crippen molar-refractivity contribution >= 4 is 17.4 Å². The van der Waals surface area contributed by atoms with Crippen molar-refractivity contribution in [2.75, 3.05) is 18.1 Å². The molecule has 0 unspecified atom stereocenters. The predicted octanol–water partition coefficient (Wildman–Crippen LogP) is 2.02. The lowest BCUT2D eigenvalue weighted by atomic mass is 10.2. The molecule has 1 amide bonds. The summed E-state index contributed by atoms with van der Waals surface area (Å²) < 4.78 is 7.38. The van der Waals surface area contributed by atoms with Gasteiger partial charge < -0.3 is 14.2 Å². The number of benzene rings is 1. The van der Waals surface area contributed by atoms with E-state index in [0.717, 1.165) is 0 Å². The first-order valence-corrected chi connectivity index (χ1v) is 6.82. The fourth-order valence-electron chi connectivity index (χ4n) is 2.40. The van der Waals surface area contributed by atoms with E-state index in [0.29, 0.717) is 23.6 Å². The maximum Gasteiger partial charge on any atom is 0.230 e. The minimum absolute atomic E-state index is 0.0310. The minimum Gasteiger partial charge on any atom is -0.491 e. The summed E-state index contributed by atoms with van der Waals surface area (Å²) in [6, 6.07) is 9.06. The fourth-order valence-corrected chi connectivity index (χ4v) is 2.40. The molecule has 0 N–H and O–H groups in total. The van der Waals surface area contributed by atoms with Crippen LogP contribution in [-0.4, -0.2) is 29.4 Å². The predicted molar refractivity (Wildman–Crippen MR) is 78.7 cm³/mol. The molecule has 5 heteroatoms. The maximum absolute atomic E-state index is 12.3. The van der Waals surface area contributed by atoms with Crippen molar-refractivity contribution in [3.63, 3.8) is 0 Å². The maximum atomic E-state index is 12.3. The molecule has 0 saturated heterocycles. The molecule has 1 aromatic carbocycles. The molecule has 0 atom stereocenters. The molecule has 0 spiro atoms. The first kappa shape index (κ1) is 13.4. The van der Waals surface area contributed by atoms with Gasteiger partial charge in [0.05, 0.1) is 25.3 Å². The third-order valence-corrected chi connectivity index (χ3v) is 3.49. The van der Waals surface area contributed by atoms with Crippen LogP contribution in [0, 0.1) is 0 Å². The summed E-state index contributed by atoms with van der Waals surface area (Å²) in [7, 11) is 1.86. The summed E-state index contributed by atoms with van der Waals surface area (Å²) in [5.74, 6) is 0.467. The number of nitrogens with zero attached hydrogens (tertiary/aromatic N) is 2. The molecular formula is C16H16N2O3. The molecule has 2 aromatic rings. The summed E-state index contributed by atoms with van der Waals surface area (Å²) in [6.45, 7) is 0.370. The van der Waals surface area contributed by atoms with Gasteiger partial charge in [-0.3, -0.25) is 9.59 Å². The average Bonchev–Trinajstić information content (AvgIpc) is 2.85. The summed E-state index contributed by atoms with van der Waals surface area (Å²) >= 11 is 0. The number of rotatable bonds is 3. The molecule has 0 aliphatic carbocycles. The highest BCUT2D eigenvalue weighted by Crippen LogP contribution is 2.31. The molecule has 0 fully saturated rings. The lowest BCUT2D eigenvalue weighted by Crippen LogP contribution is -2.35. The number of carbonyl (C=O) groups excluding carboxylic acids is 2. The summed E-state index contributed by atoms with van der Waals surface area (Å²) in [6.07, 6.45) is 3.85. The van der Waals surface area contributed by atoms with Gasteiger partial charge in [-0.2, -0.15) is 0 Å². The van der Waals surface area contributed by atoms with Crippen LogP contribution >= 0.6 is 0 Å². The Morgan fingerprint density at radius 3 is 2.86 bits per heavy atom. The number of aromatic nitrogens is 1. The van der Waals surface area contributed by atoms with Crippen molar-refractivity contribution in [3.8, 4) is 5.75 Å². The quantitative estimate of drug-likeness (QED) is 0.810. The number of aryl methyl sites for hydroxylation is 1. The Kier molecular flexibility index (Phi) is 3.48. The number of ketones is 1. The van der Waals surface area contributed by atoms with Gasteiger partial charge in [0.2, 0.25) is 5.91 Å². The number of carbonyl (C=O) groups is 2. The van der Waals surface area contributed by atoms with Gasteiger partial charge in [0, 0.05) is 25.0 Å². The van der Waals surface area contributed by atoms with Crippen LogP contribution < -0.4 is 9.64 Å². The van der Waals surface area contributed by atoms with E-state index in [1.54, 1.807) is 18.3 Å². The highest BCUT2D eigenvalue weighted by Gasteiger charge is 2.25. The lowest BCUT2D eigenvalue weighted by molar-refractivity contribution is -0.118. The van der Waals surface area contributed by atoms with Gasteiger partial charge in [0.15, 0.2) is 5.78 Å². The number of anilines is 1. The highest BCUT2D eigenvalue weighted by atomic mass is 16.5. The second-order valence-electron chi connectivity index (χ2n) is 5.03. The van der Waals surface area contributed by atoms with Crippen molar-refractivity contribution in [2.24, 2.45) is 7.05 Å². The van der Waals surface area contributed by atoms with Crippen molar-refractivity contribution in [2.45, 2.75) is 6.42 Å². The molecule has 0 radical (unpaired) electrons. The van der Waals surface area contributed by atoms with Gasteiger partial charge in [-0.1, -0.05) is 12.1 Å². The van der Waals surface area contributed by atoms with Crippen LogP contribution in [0.3, 0.4) is 0 Å². The SMILES string of the molecule is Cn1ccc(C(=O)CN2C(=O)CCOc3ccccc32)c1. The minimum atomic E-state index is -0.0933. The molecule has 1 aromatic heterocycles. The monoisotopic (exact) mass is 284 g/mol. The largest absolute Gasteiger partial charge is 0.491 e. The van der Waals surface area contributed by atoms with Crippen LogP contribution in [0.5, 0.6) is 5.75 Å².